The van der Waals surface area contributed by atoms with Crippen molar-refractivity contribution in [2.24, 2.45) is 11.8 Å². The molecule has 1 aromatic rings. The van der Waals surface area contributed by atoms with E-state index in [1.54, 1.807) is 5.56 Å². The van der Waals surface area contributed by atoms with Gasteiger partial charge in [-0.1, -0.05) is 32.0 Å². The van der Waals surface area contributed by atoms with Crippen molar-refractivity contribution in [1.29, 1.82) is 0 Å². The standard InChI is InChI=1S/C19H31N/c1-5-11-20-19-10-9-14(2)12-17(19)13-18-15(3)7-6-8-16(18)4/h6-8,14,17,19-20H,5,9-13H2,1-4H3. The van der Waals surface area contributed by atoms with E-state index >= 15 is 0 Å². The predicted octanol–water partition coefficient (Wildman–Crippen LogP) is 4.65. The zero-order valence-corrected chi connectivity index (χ0v) is 13.7. The summed E-state index contributed by atoms with van der Waals surface area (Å²) in [5.41, 5.74) is 4.53. The van der Waals surface area contributed by atoms with E-state index in [4.69, 9.17) is 0 Å². The molecule has 0 aromatic heterocycles. The molecule has 1 nitrogen and oxygen atoms in total. The van der Waals surface area contributed by atoms with Gasteiger partial charge >= 0.3 is 0 Å². The van der Waals surface area contributed by atoms with Gasteiger partial charge in [-0.05, 0) is 81.0 Å². The Balaban J connectivity index is 2.10. The molecule has 0 amide bonds. The van der Waals surface area contributed by atoms with Crippen LogP contribution in [0.5, 0.6) is 0 Å². The zero-order valence-electron chi connectivity index (χ0n) is 13.7. The molecule has 0 spiro atoms. The quantitative estimate of drug-likeness (QED) is 0.823. The first-order valence-electron chi connectivity index (χ1n) is 8.40. The summed E-state index contributed by atoms with van der Waals surface area (Å²) in [4.78, 5) is 0. The molecule has 1 N–H and O–H groups in total. The second-order valence-corrected chi connectivity index (χ2v) is 6.81. The SMILES string of the molecule is CCCNC1CCC(C)CC1Cc1c(C)cccc1C. The van der Waals surface area contributed by atoms with E-state index in [1.807, 2.05) is 0 Å². The molecular formula is C19H31N. The van der Waals surface area contributed by atoms with Crippen LogP contribution in [0.15, 0.2) is 18.2 Å². The average Bonchev–Trinajstić information content (AvgIpc) is 2.42. The van der Waals surface area contributed by atoms with Crippen LogP contribution in [0.1, 0.15) is 56.2 Å². The van der Waals surface area contributed by atoms with Crippen LogP contribution in [0.2, 0.25) is 0 Å². The van der Waals surface area contributed by atoms with Gasteiger partial charge in [-0.15, -0.1) is 0 Å². The van der Waals surface area contributed by atoms with Gasteiger partial charge in [0.25, 0.3) is 0 Å². The Hall–Kier alpha value is -0.820. The molecule has 1 fully saturated rings. The van der Waals surface area contributed by atoms with Gasteiger partial charge in [-0.3, -0.25) is 0 Å². The van der Waals surface area contributed by atoms with Crippen LogP contribution >= 0.6 is 0 Å². The molecule has 0 heterocycles. The van der Waals surface area contributed by atoms with Gasteiger partial charge in [0.05, 0.1) is 0 Å². The lowest BCUT2D eigenvalue weighted by Gasteiger charge is -2.36. The Morgan fingerprint density at radius 1 is 1.15 bits per heavy atom. The Bertz CT molecular complexity index is 402. The minimum absolute atomic E-state index is 0.727. The fourth-order valence-electron chi connectivity index (χ4n) is 3.76. The van der Waals surface area contributed by atoms with Gasteiger partial charge in [0, 0.05) is 6.04 Å². The summed E-state index contributed by atoms with van der Waals surface area (Å²) in [6.07, 6.45) is 6.63. The highest BCUT2D eigenvalue weighted by atomic mass is 14.9. The molecule has 1 saturated carbocycles. The largest absolute Gasteiger partial charge is 0.314 e. The molecule has 1 aliphatic rings. The van der Waals surface area contributed by atoms with E-state index in [1.165, 1.54) is 49.8 Å². The maximum Gasteiger partial charge on any atom is 0.00987 e. The average molecular weight is 273 g/mol. The molecule has 0 bridgehead atoms. The highest BCUT2D eigenvalue weighted by Gasteiger charge is 2.28. The normalized spacial score (nSPS) is 26.7. The molecule has 3 atom stereocenters. The second kappa shape index (κ2) is 7.26. The highest BCUT2D eigenvalue weighted by Crippen LogP contribution is 2.32. The summed E-state index contributed by atoms with van der Waals surface area (Å²) in [6.45, 7) is 10.4. The third-order valence-electron chi connectivity index (χ3n) is 5.01. The number of hydrogen-bond acceptors (Lipinski definition) is 1. The number of nitrogens with one attached hydrogen (secondary N) is 1. The third kappa shape index (κ3) is 3.85. The van der Waals surface area contributed by atoms with Crippen molar-refractivity contribution in [2.75, 3.05) is 6.54 Å². The predicted molar refractivity (Wildman–Crippen MR) is 88.2 cm³/mol. The number of aryl methyl sites for hydroxylation is 2. The molecule has 0 radical (unpaired) electrons. The molecule has 20 heavy (non-hydrogen) atoms. The van der Waals surface area contributed by atoms with Crippen molar-refractivity contribution in [3.05, 3.63) is 34.9 Å². The van der Waals surface area contributed by atoms with Gasteiger partial charge < -0.3 is 5.32 Å². The summed E-state index contributed by atoms with van der Waals surface area (Å²) in [6, 6.07) is 7.45. The van der Waals surface area contributed by atoms with Crippen molar-refractivity contribution in [3.63, 3.8) is 0 Å². The molecule has 0 aliphatic heterocycles. The fourth-order valence-corrected chi connectivity index (χ4v) is 3.76. The lowest BCUT2D eigenvalue weighted by Crippen LogP contribution is -2.41. The minimum atomic E-state index is 0.727. The van der Waals surface area contributed by atoms with E-state index < -0.39 is 0 Å². The number of rotatable bonds is 5. The Morgan fingerprint density at radius 2 is 1.85 bits per heavy atom. The lowest BCUT2D eigenvalue weighted by atomic mass is 9.75. The van der Waals surface area contributed by atoms with Crippen LogP contribution in [0.3, 0.4) is 0 Å². The third-order valence-corrected chi connectivity index (χ3v) is 5.01. The molecular weight excluding hydrogens is 242 g/mol. The smallest absolute Gasteiger partial charge is 0.00987 e. The molecule has 1 heteroatoms. The summed E-state index contributed by atoms with van der Waals surface area (Å²) >= 11 is 0. The second-order valence-electron chi connectivity index (χ2n) is 6.81. The zero-order chi connectivity index (χ0) is 14.5. The summed E-state index contributed by atoms with van der Waals surface area (Å²) in [5.74, 6) is 1.70. The van der Waals surface area contributed by atoms with E-state index in [0.29, 0.717) is 0 Å². The van der Waals surface area contributed by atoms with Gasteiger partial charge in [-0.25, -0.2) is 0 Å². The monoisotopic (exact) mass is 273 g/mol. The first-order valence-corrected chi connectivity index (χ1v) is 8.40. The van der Waals surface area contributed by atoms with Crippen molar-refractivity contribution in [3.8, 4) is 0 Å². The van der Waals surface area contributed by atoms with Crippen LogP contribution in [0.25, 0.3) is 0 Å². The number of hydrogen-bond donors (Lipinski definition) is 1. The lowest BCUT2D eigenvalue weighted by molar-refractivity contribution is 0.212. The van der Waals surface area contributed by atoms with Crippen molar-refractivity contribution in [2.45, 2.75) is 65.8 Å². The first-order chi connectivity index (χ1) is 9.61. The van der Waals surface area contributed by atoms with Crippen molar-refractivity contribution >= 4 is 0 Å². The topological polar surface area (TPSA) is 12.0 Å². The van der Waals surface area contributed by atoms with Gasteiger partial charge in [0.2, 0.25) is 0 Å². The van der Waals surface area contributed by atoms with E-state index in [2.05, 4.69) is 51.2 Å². The molecule has 0 saturated heterocycles. The molecule has 1 aromatic carbocycles. The van der Waals surface area contributed by atoms with Crippen LogP contribution in [0, 0.1) is 25.7 Å². The maximum absolute atomic E-state index is 3.80. The fraction of sp³-hybridized carbons (Fsp3) is 0.684. The van der Waals surface area contributed by atoms with Crippen LogP contribution < -0.4 is 5.32 Å². The first kappa shape index (κ1) is 15.6. The number of benzene rings is 1. The molecule has 1 aliphatic carbocycles. The van der Waals surface area contributed by atoms with E-state index in [-0.39, 0.29) is 0 Å². The minimum Gasteiger partial charge on any atom is -0.314 e. The Kier molecular flexibility index (Phi) is 5.65. The molecule has 2 rings (SSSR count). The van der Waals surface area contributed by atoms with E-state index in [9.17, 15) is 0 Å². The summed E-state index contributed by atoms with van der Waals surface area (Å²) in [5, 5.41) is 3.80. The maximum atomic E-state index is 3.80. The van der Waals surface area contributed by atoms with Crippen molar-refractivity contribution < 1.29 is 0 Å². The summed E-state index contributed by atoms with van der Waals surface area (Å²) in [7, 11) is 0. The van der Waals surface area contributed by atoms with Gasteiger partial charge in [-0.2, -0.15) is 0 Å². The Morgan fingerprint density at radius 3 is 2.50 bits per heavy atom. The van der Waals surface area contributed by atoms with Gasteiger partial charge in [0.1, 0.15) is 0 Å². The van der Waals surface area contributed by atoms with Crippen LogP contribution in [0.4, 0.5) is 0 Å². The van der Waals surface area contributed by atoms with Crippen LogP contribution in [-0.4, -0.2) is 12.6 Å². The Labute approximate surface area is 125 Å². The van der Waals surface area contributed by atoms with Crippen molar-refractivity contribution in [1.82, 2.24) is 5.32 Å². The molecule has 3 unspecified atom stereocenters. The van der Waals surface area contributed by atoms with Crippen LogP contribution in [-0.2, 0) is 6.42 Å². The molecule has 112 valence electrons. The summed E-state index contributed by atoms with van der Waals surface area (Å²) < 4.78 is 0. The highest BCUT2D eigenvalue weighted by molar-refractivity contribution is 5.34. The van der Waals surface area contributed by atoms with E-state index in [0.717, 1.165) is 17.9 Å². The van der Waals surface area contributed by atoms with Gasteiger partial charge in [0.15, 0.2) is 0 Å².